The van der Waals surface area contributed by atoms with E-state index in [1.165, 1.54) is 0 Å². The summed E-state index contributed by atoms with van der Waals surface area (Å²) in [5.74, 6) is -0.166. The molecule has 4 rings (SSSR count). The molecule has 5 heteroatoms. The van der Waals surface area contributed by atoms with E-state index in [4.69, 9.17) is 4.74 Å². The maximum atomic E-state index is 11.4. The third-order valence-corrected chi connectivity index (χ3v) is 5.72. The Bertz CT molecular complexity index is 1280. The Morgan fingerprint density at radius 3 is 2.66 bits per heavy atom. The maximum Gasteiger partial charge on any atom is 0.354 e. The van der Waals surface area contributed by atoms with Gasteiger partial charge in [-0.25, -0.2) is 9.78 Å². The molecule has 0 saturated carbocycles. The number of hydrogen-bond donors (Lipinski definition) is 2. The van der Waals surface area contributed by atoms with Gasteiger partial charge < -0.3 is 15.2 Å². The molecule has 0 aliphatic heterocycles. The highest BCUT2D eigenvalue weighted by Gasteiger charge is 2.14. The Morgan fingerprint density at radius 2 is 1.91 bits per heavy atom. The number of carboxylic acid groups (broad SMARTS) is 1. The van der Waals surface area contributed by atoms with Crippen LogP contribution in [0.5, 0.6) is 5.75 Å². The normalized spacial score (nSPS) is 12.0. The summed E-state index contributed by atoms with van der Waals surface area (Å²) in [6.45, 7) is 4.64. The second-order valence-corrected chi connectivity index (χ2v) is 7.94. The van der Waals surface area contributed by atoms with Crippen LogP contribution in [-0.4, -0.2) is 23.2 Å². The molecule has 3 aromatic carbocycles. The lowest BCUT2D eigenvalue weighted by atomic mass is 9.93. The van der Waals surface area contributed by atoms with Crippen molar-refractivity contribution in [3.05, 3.63) is 95.3 Å². The van der Waals surface area contributed by atoms with Gasteiger partial charge >= 0.3 is 5.97 Å². The maximum absolute atomic E-state index is 11.4. The number of pyridine rings is 1. The van der Waals surface area contributed by atoms with Crippen LogP contribution in [0.15, 0.2) is 72.9 Å². The Hall–Kier alpha value is -3.70. The summed E-state index contributed by atoms with van der Waals surface area (Å²) in [4.78, 5) is 15.6. The number of ether oxygens (including phenoxy) is 1. The van der Waals surface area contributed by atoms with E-state index in [-0.39, 0.29) is 11.7 Å². The first kappa shape index (κ1) is 21.5. The third kappa shape index (κ3) is 4.48. The quantitative estimate of drug-likeness (QED) is 0.393. The summed E-state index contributed by atoms with van der Waals surface area (Å²) >= 11 is 0. The lowest BCUT2D eigenvalue weighted by Crippen LogP contribution is -2.18. The van der Waals surface area contributed by atoms with Gasteiger partial charge in [-0.2, -0.15) is 0 Å². The zero-order chi connectivity index (χ0) is 22.7. The molecule has 2 N–H and O–H groups in total. The van der Waals surface area contributed by atoms with Gasteiger partial charge in [0, 0.05) is 24.3 Å². The molecule has 1 aromatic heterocycles. The first-order chi connectivity index (χ1) is 15.5. The molecule has 0 bridgehead atoms. The number of aromatic nitrogens is 1. The zero-order valence-electron chi connectivity index (χ0n) is 18.4. The molecule has 1 unspecified atom stereocenters. The van der Waals surface area contributed by atoms with E-state index in [2.05, 4.69) is 47.6 Å². The number of nitrogens with zero attached hydrogens (tertiary/aromatic N) is 1. The summed E-state index contributed by atoms with van der Waals surface area (Å²) in [7, 11) is 1.67. The van der Waals surface area contributed by atoms with E-state index in [0.717, 1.165) is 38.8 Å². The average Bonchev–Trinajstić information content (AvgIpc) is 2.81. The summed E-state index contributed by atoms with van der Waals surface area (Å²) < 4.78 is 5.32. The fraction of sp³-hybridized carbons (Fsp3) is 0.185. The van der Waals surface area contributed by atoms with Crippen molar-refractivity contribution in [3.8, 4) is 16.9 Å². The number of benzene rings is 3. The van der Waals surface area contributed by atoms with Crippen LogP contribution >= 0.6 is 0 Å². The van der Waals surface area contributed by atoms with Gasteiger partial charge in [0.15, 0.2) is 5.69 Å². The number of methoxy groups -OCH3 is 1. The Morgan fingerprint density at radius 1 is 1.09 bits per heavy atom. The van der Waals surface area contributed by atoms with Crippen LogP contribution in [0.4, 0.5) is 0 Å². The first-order valence-electron chi connectivity index (χ1n) is 10.6. The predicted molar refractivity (Wildman–Crippen MR) is 127 cm³/mol. The SMILES string of the molecule is COc1cccc(CNC(C)c2cc(-c3cnc(C(=O)O)c(C)c3)c3ccccc3c2)c1. The zero-order valence-corrected chi connectivity index (χ0v) is 18.4. The van der Waals surface area contributed by atoms with Gasteiger partial charge in [-0.15, -0.1) is 0 Å². The van der Waals surface area contributed by atoms with Gasteiger partial charge in [-0.05, 0) is 77.2 Å². The molecule has 0 fully saturated rings. The van der Waals surface area contributed by atoms with E-state index in [0.29, 0.717) is 12.1 Å². The van der Waals surface area contributed by atoms with E-state index in [1.54, 1.807) is 20.2 Å². The largest absolute Gasteiger partial charge is 0.497 e. The molecule has 5 nitrogen and oxygen atoms in total. The van der Waals surface area contributed by atoms with Crippen molar-refractivity contribution in [2.75, 3.05) is 7.11 Å². The first-order valence-corrected chi connectivity index (χ1v) is 10.6. The van der Waals surface area contributed by atoms with Crippen LogP contribution in [0, 0.1) is 6.92 Å². The van der Waals surface area contributed by atoms with Crippen molar-refractivity contribution >= 4 is 16.7 Å². The molecule has 0 aliphatic carbocycles. The minimum absolute atomic E-state index is 0.0857. The molecule has 162 valence electrons. The van der Waals surface area contributed by atoms with Crippen LogP contribution < -0.4 is 10.1 Å². The minimum atomic E-state index is -1.01. The Kier molecular flexibility index (Phi) is 6.19. The summed E-state index contributed by atoms with van der Waals surface area (Å²) in [6, 6.07) is 22.6. The van der Waals surface area contributed by atoms with Gasteiger partial charge in [0.1, 0.15) is 5.75 Å². The van der Waals surface area contributed by atoms with Gasteiger partial charge in [-0.3, -0.25) is 0 Å². The second kappa shape index (κ2) is 9.20. The molecule has 4 aromatic rings. The topological polar surface area (TPSA) is 71.5 Å². The molecular formula is C27H26N2O3. The summed E-state index contributed by atoms with van der Waals surface area (Å²) in [5.41, 5.74) is 4.99. The number of carbonyl (C=O) groups is 1. The monoisotopic (exact) mass is 426 g/mol. The molecule has 0 amide bonds. The standard InChI is InChI=1S/C27H26N2O3/c1-17-11-22(16-29-26(17)27(30)31)25-14-21(13-20-8-4-5-10-24(20)25)18(2)28-15-19-7-6-9-23(12-19)32-3/h4-14,16,18,28H,15H2,1-3H3,(H,30,31). The highest BCUT2D eigenvalue weighted by atomic mass is 16.5. The van der Waals surface area contributed by atoms with E-state index >= 15 is 0 Å². The number of hydrogen-bond acceptors (Lipinski definition) is 4. The van der Waals surface area contributed by atoms with Crippen LogP contribution in [0.25, 0.3) is 21.9 Å². The molecular weight excluding hydrogens is 400 g/mol. The van der Waals surface area contributed by atoms with Crippen molar-refractivity contribution in [3.63, 3.8) is 0 Å². The van der Waals surface area contributed by atoms with Gasteiger partial charge in [0.05, 0.1) is 7.11 Å². The van der Waals surface area contributed by atoms with E-state index in [9.17, 15) is 9.90 Å². The molecule has 0 saturated heterocycles. The van der Waals surface area contributed by atoms with E-state index < -0.39 is 5.97 Å². The summed E-state index contributed by atoms with van der Waals surface area (Å²) in [6.07, 6.45) is 1.65. The number of fused-ring (bicyclic) bond motifs is 1. The van der Waals surface area contributed by atoms with Crippen LogP contribution in [0.3, 0.4) is 0 Å². The van der Waals surface area contributed by atoms with Crippen molar-refractivity contribution in [2.24, 2.45) is 0 Å². The smallest absolute Gasteiger partial charge is 0.354 e. The lowest BCUT2D eigenvalue weighted by Gasteiger charge is -2.18. The average molecular weight is 427 g/mol. The number of rotatable bonds is 7. The van der Waals surface area contributed by atoms with E-state index in [1.807, 2.05) is 36.4 Å². The van der Waals surface area contributed by atoms with Crippen molar-refractivity contribution < 1.29 is 14.6 Å². The molecule has 0 radical (unpaired) electrons. The second-order valence-electron chi connectivity index (χ2n) is 7.94. The predicted octanol–water partition coefficient (Wildman–Crippen LogP) is 5.77. The minimum Gasteiger partial charge on any atom is -0.497 e. The fourth-order valence-electron chi connectivity index (χ4n) is 3.94. The van der Waals surface area contributed by atoms with Gasteiger partial charge in [0.25, 0.3) is 0 Å². The van der Waals surface area contributed by atoms with Gasteiger partial charge in [-0.1, -0.05) is 36.4 Å². The molecule has 1 heterocycles. The molecule has 0 spiro atoms. The van der Waals surface area contributed by atoms with Crippen molar-refractivity contribution in [1.82, 2.24) is 10.3 Å². The van der Waals surface area contributed by atoms with Crippen molar-refractivity contribution in [2.45, 2.75) is 26.4 Å². The highest BCUT2D eigenvalue weighted by Crippen LogP contribution is 2.33. The third-order valence-electron chi connectivity index (χ3n) is 5.72. The highest BCUT2D eigenvalue weighted by molar-refractivity contribution is 5.98. The van der Waals surface area contributed by atoms with Crippen molar-refractivity contribution in [1.29, 1.82) is 0 Å². The molecule has 32 heavy (non-hydrogen) atoms. The Balaban J connectivity index is 1.68. The lowest BCUT2D eigenvalue weighted by molar-refractivity contribution is 0.0689. The molecule has 0 aliphatic rings. The summed E-state index contributed by atoms with van der Waals surface area (Å²) in [5, 5.41) is 15.2. The number of aryl methyl sites for hydroxylation is 1. The molecule has 1 atom stereocenters. The van der Waals surface area contributed by atoms with Gasteiger partial charge in [0.2, 0.25) is 0 Å². The van der Waals surface area contributed by atoms with Crippen LogP contribution in [-0.2, 0) is 6.54 Å². The number of aromatic carboxylic acids is 1. The number of carboxylic acids is 1. The van der Waals surface area contributed by atoms with Crippen LogP contribution in [0.2, 0.25) is 0 Å². The Labute approximate surface area is 187 Å². The van der Waals surface area contributed by atoms with Crippen LogP contribution in [0.1, 0.15) is 40.1 Å². The fourth-order valence-corrected chi connectivity index (χ4v) is 3.94. The number of nitrogens with one attached hydrogen (secondary N) is 1.